The van der Waals surface area contributed by atoms with Gasteiger partial charge >= 0.3 is 0 Å². The van der Waals surface area contributed by atoms with Crippen molar-refractivity contribution in [1.82, 2.24) is 4.98 Å². The minimum absolute atomic E-state index is 0.378. The summed E-state index contributed by atoms with van der Waals surface area (Å²) in [4.78, 5) is 7.23. The van der Waals surface area contributed by atoms with Gasteiger partial charge in [0.2, 0.25) is 0 Å². The fourth-order valence-corrected chi connectivity index (χ4v) is 3.87. The molecular formula is C16H19N3. The van der Waals surface area contributed by atoms with Crippen molar-refractivity contribution in [1.29, 1.82) is 0 Å². The van der Waals surface area contributed by atoms with Gasteiger partial charge in [0.05, 0.1) is 0 Å². The normalized spacial score (nSPS) is 29.9. The zero-order valence-corrected chi connectivity index (χ0v) is 11.0. The lowest BCUT2D eigenvalue weighted by molar-refractivity contribution is 0.413. The van der Waals surface area contributed by atoms with Crippen LogP contribution in [0.4, 0.5) is 5.82 Å². The number of anilines is 1. The van der Waals surface area contributed by atoms with Crippen molar-refractivity contribution in [3.8, 4) is 0 Å². The van der Waals surface area contributed by atoms with Gasteiger partial charge in [0.25, 0.3) is 0 Å². The third-order valence-electron chi connectivity index (χ3n) is 4.67. The molecule has 0 aliphatic carbocycles. The molecule has 2 bridgehead atoms. The lowest BCUT2D eigenvalue weighted by Gasteiger charge is -2.39. The Morgan fingerprint density at radius 1 is 1.05 bits per heavy atom. The molecule has 2 aliphatic heterocycles. The van der Waals surface area contributed by atoms with Crippen molar-refractivity contribution in [3.63, 3.8) is 0 Å². The Morgan fingerprint density at radius 3 is 2.58 bits per heavy atom. The van der Waals surface area contributed by atoms with Crippen molar-refractivity contribution in [2.75, 3.05) is 4.90 Å². The van der Waals surface area contributed by atoms with Crippen LogP contribution >= 0.6 is 0 Å². The first-order valence-electron chi connectivity index (χ1n) is 7.20. The third-order valence-corrected chi connectivity index (χ3v) is 4.67. The molecule has 0 radical (unpaired) electrons. The van der Waals surface area contributed by atoms with Crippen LogP contribution in [0.3, 0.4) is 0 Å². The molecular weight excluding hydrogens is 234 g/mol. The fourth-order valence-electron chi connectivity index (χ4n) is 3.87. The number of hydrogen-bond acceptors (Lipinski definition) is 3. The summed E-state index contributed by atoms with van der Waals surface area (Å²) in [5.74, 6) is 1.16. The Labute approximate surface area is 113 Å². The standard InChI is InChI=1S/C16H19N3/c17-12-9-13-5-6-14(10-12)19(13)16-15-4-2-1-3-11(15)7-8-18-16/h1-4,7-8,12-14H,5-6,9-10,17H2. The first-order valence-corrected chi connectivity index (χ1v) is 7.20. The highest BCUT2D eigenvalue weighted by atomic mass is 15.3. The van der Waals surface area contributed by atoms with Gasteiger partial charge in [0, 0.05) is 29.7 Å². The van der Waals surface area contributed by atoms with Gasteiger partial charge in [-0.15, -0.1) is 0 Å². The summed E-state index contributed by atoms with van der Waals surface area (Å²) in [5, 5.41) is 2.55. The number of pyridine rings is 1. The number of nitrogens with two attached hydrogens (primary N) is 1. The molecule has 2 aliphatic rings. The maximum absolute atomic E-state index is 6.16. The topological polar surface area (TPSA) is 42.1 Å². The SMILES string of the molecule is NC1CC2CCC(C1)N2c1nccc2ccccc12. The van der Waals surface area contributed by atoms with Crippen LogP contribution in [0.2, 0.25) is 0 Å². The lowest BCUT2D eigenvalue weighted by atomic mass is 9.97. The second-order valence-corrected chi connectivity index (χ2v) is 5.88. The molecule has 0 spiro atoms. The summed E-state index contributed by atoms with van der Waals surface area (Å²) in [6.07, 6.45) is 6.70. The number of piperidine rings is 1. The summed E-state index contributed by atoms with van der Waals surface area (Å²) < 4.78 is 0. The Balaban J connectivity index is 1.83. The molecule has 1 aromatic carbocycles. The first-order chi connectivity index (χ1) is 9.33. The molecule has 2 saturated heterocycles. The molecule has 2 atom stereocenters. The van der Waals surface area contributed by atoms with Crippen molar-refractivity contribution in [2.24, 2.45) is 5.73 Å². The predicted octanol–water partition coefficient (Wildman–Crippen LogP) is 2.69. The van der Waals surface area contributed by atoms with Crippen LogP contribution in [0, 0.1) is 0 Å². The molecule has 3 nitrogen and oxygen atoms in total. The van der Waals surface area contributed by atoms with Crippen molar-refractivity contribution >= 4 is 16.6 Å². The highest BCUT2D eigenvalue weighted by Gasteiger charge is 2.40. The smallest absolute Gasteiger partial charge is 0.136 e. The second-order valence-electron chi connectivity index (χ2n) is 5.88. The average molecular weight is 253 g/mol. The quantitative estimate of drug-likeness (QED) is 0.849. The van der Waals surface area contributed by atoms with E-state index < -0.39 is 0 Å². The second kappa shape index (κ2) is 4.20. The summed E-state index contributed by atoms with van der Waals surface area (Å²) in [6, 6.07) is 12.2. The minimum Gasteiger partial charge on any atom is -0.350 e. The van der Waals surface area contributed by atoms with E-state index in [1.165, 1.54) is 23.6 Å². The van der Waals surface area contributed by atoms with Gasteiger partial charge in [0.1, 0.15) is 5.82 Å². The predicted molar refractivity (Wildman–Crippen MR) is 78.2 cm³/mol. The number of nitrogens with zero attached hydrogens (tertiary/aromatic N) is 2. The Bertz CT molecular complexity index is 590. The Kier molecular flexibility index (Phi) is 2.49. The molecule has 3 heterocycles. The number of hydrogen-bond donors (Lipinski definition) is 1. The third kappa shape index (κ3) is 1.72. The molecule has 4 rings (SSSR count). The van der Waals surface area contributed by atoms with Crippen LogP contribution in [0.15, 0.2) is 36.5 Å². The molecule has 0 amide bonds. The molecule has 98 valence electrons. The van der Waals surface area contributed by atoms with E-state index in [4.69, 9.17) is 5.73 Å². The van der Waals surface area contributed by atoms with E-state index in [0.717, 1.165) is 18.7 Å². The maximum Gasteiger partial charge on any atom is 0.136 e. The molecule has 2 N–H and O–H groups in total. The van der Waals surface area contributed by atoms with E-state index in [2.05, 4.69) is 40.2 Å². The van der Waals surface area contributed by atoms with Crippen molar-refractivity contribution in [2.45, 2.75) is 43.8 Å². The van der Waals surface area contributed by atoms with Gasteiger partial charge < -0.3 is 10.6 Å². The molecule has 2 unspecified atom stereocenters. The van der Waals surface area contributed by atoms with Gasteiger partial charge in [-0.2, -0.15) is 0 Å². The zero-order chi connectivity index (χ0) is 12.8. The lowest BCUT2D eigenvalue weighted by Crippen LogP contribution is -2.47. The largest absolute Gasteiger partial charge is 0.350 e. The molecule has 0 saturated carbocycles. The van der Waals surface area contributed by atoms with Gasteiger partial charge in [0.15, 0.2) is 0 Å². The highest BCUT2D eigenvalue weighted by Crippen LogP contribution is 2.40. The number of benzene rings is 1. The van der Waals surface area contributed by atoms with E-state index in [-0.39, 0.29) is 0 Å². The van der Waals surface area contributed by atoms with Gasteiger partial charge in [-0.1, -0.05) is 24.3 Å². The molecule has 2 fully saturated rings. The van der Waals surface area contributed by atoms with Crippen LogP contribution < -0.4 is 10.6 Å². The highest BCUT2D eigenvalue weighted by molar-refractivity contribution is 5.92. The zero-order valence-electron chi connectivity index (χ0n) is 11.0. The van der Waals surface area contributed by atoms with E-state index in [1.807, 2.05) is 6.20 Å². The van der Waals surface area contributed by atoms with Gasteiger partial charge in [-0.25, -0.2) is 4.98 Å². The van der Waals surface area contributed by atoms with E-state index >= 15 is 0 Å². The average Bonchev–Trinajstić information content (AvgIpc) is 2.70. The molecule has 19 heavy (non-hydrogen) atoms. The van der Waals surface area contributed by atoms with E-state index in [0.29, 0.717) is 18.1 Å². The van der Waals surface area contributed by atoms with Crippen LogP contribution in [-0.2, 0) is 0 Å². The molecule has 2 aromatic rings. The summed E-state index contributed by atoms with van der Waals surface area (Å²) in [5.41, 5.74) is 6.16. The summed E-state index contributed by atoms with van der Waals surface area (Å²) in [7, 11) is 0. The maximum atomic E-state index is 6.16. The van der Waals surface area contributed by atoms with Crippen molar-refractivity contribution < 1.29 is 0 Å². The van der Waals surface area contributed by atoms with E-state index in [1.54, 1.807) is 0 Å². The number of aromatic nitrogens is 1. The Morgan fingerprint density at radius 2 is 1.79 bits per heavy atom. The minimum atomic E-state index is 0.378. The van der Waals surface area contributed by atoms with Crippen LogP contribution in [-0.4, -0.2) is 23.1 Å². The van der Waals surface area contributed by atoms with Crippen LogP contribution in [0.1, 0.15) is 25.7 Å². The fraction of sp³-hybridized carbons (Fsp3) is 0.438. The number of fused-ring (bicyclic) bond motifs is 3. The molecule has 3 heteroatoms. The Hall–Kier alpha value is -1.61. The van der Waals surface area contributed by atoms with Gasteiger partial charge in [-0.3, -0.25) is 0 Å². The van der Waals surface area contributed by atoms with Crippen LogP contribution in [0.25, 0.3) is 10.8 Å². The monoisotopic (exact) mass is 253 g/mol. The molecule has 1 aromatic heterocycles. The van der Waals surface area contributed by atoms with Crippen LogP contribution in [0.5, 0.6) is 0 Å². The summed E-state index contributed by atoms with van der Waals surface area (Å²) in [6.45, 7) is 0. The first kappa shape index (κ1) is 11.2. The van der Waals surface area contributed by atoms with E-state index in [9.17, 15) is 0 Å². The summed E-state index contributed by atoms with van der Waals surface area (Å²) >= 11 is 0. The van der Waals surface area contributed by atoms with Gasteiger partial charge in [-0.05, 0) is 37.1 Å². The van der Waals surface area contributed by atoms with Crippen molar-refractivity contribution in [3.05, 3.63) is 36.5 Å². The number of rotatable bonds is 1.